The van der Waals surface area contributed by atoms with Crippen LogP contribution in [-0.2, 0) is 17.1 Å². The number of hydrogen-bond acceptors (Lipinski definition) is 5. The van der Waals surface area contributed by atoms with Crippen molar-refractivity contribution >= 4 is 17.7 Å². The number of aldehydes is 1. The first-order chi connectivity index (χ1) is 16.4. The molecule has 1 aromatic heterocycles. The summed E-state index contributed by atoms with van der Waals surface area (Å²) < 4.78 is 76.9. The minimum Gasteiger partial charge on any atom is -0.388 e. The van der Waals surface area contributed by atoms with Gasteiger partial charge in [0.1, 0.15) is 5.71 Å². The third-order valence-corrected chi connectivity index (χ3v) is 4.88. The summed E-state index contributed by atoms with van der Waals surface area (Å²) in [6, 6.07) is 12.2. The first-order valence-corrected chi connectivity index (χ1v) is 10.1. The Hall–Kier alpha value is -3.73. The molecule has 0 radical (unpaired) electrons. The van der Waals surface area contributed by atoms with E-state index < -0.39 is 29.5 Å². The molecular weight excluding hydrogens is 474 g/mol. The summed E-state index contributed by atoms with van der Waals surface area (Å²) in [6.07, 6.45) is -7.37. The van der Waals surface area contributed by atoms with Crippen LogP contribution >= 0.6 is 0 Å². The Kier molecular flexibility index (Phi) is 9.12. The van der Waals surface area contributed by atoms with E-state index in [0.717, 1.165) is 42.1 Å². The first-order valence-electron chi connectivity index (χ1n) is 10.1. The predicted octanol–water partition coefficient (Wildman–Crippen LogP) is 5.72. The highest BCUT2D eigenvalue weighted by atomic mass is 19.4. The van der Waals surface area contributed by atoms with Crippen LogP contribution in [0.2, 0.25) is 0 Å². The number of aromatic nitrogens is 1. The molecule has 11 heteroatoms. The molecule has 5 nitrogen and oxygen atoms in total. The quantitative estimate of drug-likeness (QED) is 0.232. The van der Waals surface area contributed by atoms with Crippen LogP contribution in [0.3, 0.4) is 0 Å². The van der Waals surface area contributed by atoms with Crippen LogP contribution in [0, 0.1) is 5.41 Å². The van der Waals surface area contributed by atoms with E-state index in [-0.39, 0.29) is 17.0 Å². The van der Waals surface area contributed by atoms with Crippen molar-refractivity contribution in [3.05, 3.63) is 94.8 Å². The van der Waals surface area contributed by atoms with E-state index in [1.807, 2.05) is 12.1 Å². The van der Waals surface area contributed by atoms with Crippen molar-refractivity contribution in [2.24, 2.45) is 0 Å². The fraction of sp³-hybridized carbons (Fsp3) is 0.208. The Balaban J connectivity index is 0.000000303. The third-order valence-electron chi connectivity index (χ3n) is 4.88. The van der Waals surface area contributed by atoms with Crippen LogP contribution in [0.4, 0.5) is 32.0 Å². The minimum atomic E-state index is -4.61. The normalized spacial score (nSPS) is 12.2. The maximum Gasteiger partial charge on any atom is 0.418 e. The van der Waals surface area contributed by atoms with Gasteiger partial charge in [-0.15, -0.1) is 0 Å². The molecule has 0 amide bonds. The second-order valence-corrected chi connectivity index (χ2v) is 7.10. The lowest BCUT2D eigenvalue weighted by atomic mass is 9.98. The largest absolute Gasteiger partial charge is 0.418 e. The van der Waals surface area contributed by atoms with Crippen LogP contribution in [0.25, 0.3) is 0 Å². The molecule has 2 aromatic carbocycles. The molecule has 0 aliphatic rings. The number of pyridine rings is 1. The smallest absolute Gasteiger partial charge is 0.388 e. The van der Waals surface area contributed by atoms with Gasteiger partial charge in [0.25, 0.3) is 0 Å². The molecule has 3 aromatic rings. The lowest BCUT2D eigenvalue weighted by Gasteiger charge is -2.21. The lowest BCUT2D eigenvalue weighted by Crippen LogP contribution is -2.23. The third kappa shape index (κ3) is 7.12. The van der Waals surface area contributed by atoms with Gasteiger partial charge in [-0.1, -0.05) is 30.3 Å². The van der Waals surface area contributed by atoms with Crippen LogP contribution in [0.5, 0.6) is 0 Å². The number of rotatable bonds is 6. The molecule has 0 fully saturated rings. The second-order valence-electron chi connectivity index (χ2n) is 7.10. The number of nitrogens with one attached hydrogen (secondary N) is 3. The maximum absolute atomic E-state index is 13.1. The summed E-state index contributed by atoms with van der Waals surface area (Å²) in [7, 11) is 3.17. The number of carbonyl (C=O) groups is 1. The fourth-order valence-electron chi connectivity index (χ4n) is 3.21. The molecule has 1 heterocycles. The number of hydrogen-bond donors (Lipinski definition) is 3. The Labute approximate surface area is 197 Å². The zero-order valence-corrected chi connectivity index (χ0v) is 18.6. The summed E-state index contributed by atoms with van der Waals surface area (Å²) >= 11 is 0. The van der Waals surface area contributed by atoms with Crippen LogP contribution in [-0.4, -0.2) is 31.1 Å². The average molecular weight is 496 g/mol. The van der Waals surface area contributed by atoms with E-state index in [4.69, 9.17) is 5.41 Å². The van der Waals surface area contributed by atoms with Gasteiger partial charge < -0.3 is 10.6 Å². The van der Waals surface area contributed by atoms with Crippen molar-refractivity contribution in [3.63, 3.8) is 0 Å². The van der Waals surface area contributed by atoms with Gasteiger partial charge in [0.05, 0.1) is 22.9 Å². The standard InChI is InChI=1S/C15H12F6N2.C9H10N2O/c1-22-12(9-4-6-10(7-5-9)14(16,17)18)13-11(15(19,20)21)3-2-8-23-13;1-11-9-5-3-2-4-7(9)8(10)6-12/h2-8,12,22H,1H3;2-6,10-11H,1H3. The van der Waals surface area contributed by atoms with Crippen LogP contribution in [0.1, 0.15) is 34.0 Å². The number of carbonyl (C=O) groups excluding carboxylic acids is 1. The molecule has 186 valence electrons. The molecule has 0 saturated heterocycles. The van der Waals surface area contributed by atoms with Crippen molar-refractivity contribution in [1.82, 2.24) is 10.3 Å². The zero-order chi connectivity index (χ0) is 26.2. The summed E-state index contributed by atoms with van der Waals surface area (Å²) in [4.78, 5) is 14.1. The molecule has 35 heavy (non-hydrogen) atoms. The van der Waals surface area contributed by atoms with E-state index in [1.54, 1.807) is 19.2 Å². The summed E-state index contributed by atoms with van der Waals surface area (Å²) in [5, 5.41) is 12.9. The average Bonchev–Trinajstić information content (AvgIpc) is 2.84. The van der Waals surface area contributed by atoms with Gasteiger partial charge in [0.2, 0.25) is 0 Å². The summed E-state index contributed by atoms with van der Waals surface area (Å²) in [5.74, 6) is 0. The van der Waals surface area contributed by atoms with E-state index in [1.165, 1.54) is 13.2 Å². The Morgan fingerprint density at radius 2 is 1.54 bits per heavy atom. The molecule has 0 bridgehead atoms. The molecule has 1 unspecified atom stereocenters. The molecule has 0 spiro atoms. The number of benzene rings is 2. The molecule has 0 saturated carbocycles. The highest BCUT2D eigenvalue weighted by Crippen LogP contribution is 2.36. The fourth-order valence-corrected chi connectivity index (χ4v) is 3.21. The van der Waals surface area contributed by atoms with Crippen molar-refractivity contribution in [2.45, 2.75) is 18.4 Å². The molecule has 1 atom stereocenters. The Morgan fingerprint density at radius 1 is 0.914 bits per heavy atom. The number of para-hydroxylation sites is 1. The van der Waals surface area contributed by atoms with E-state index in [9.17, 15) is 31.1 Å². The van der Waals surface area contributed by atoms with Crippen LogP contribution < -0.4 is 10.6 Å². The molecule has 3 N–H and O–H groups in total. The Morgan fingerprint density at radius 3 is 2.06 bits per heavy atom. The predicted molar refractivity (Wildman–Crippen MR) is 120 cm³/mol. The molecule has 3 rings (SSSR count). The van der Waals surface area contributed by atoms with Gasteiger partial charge in [-0.25, -0.2) is 0 Å². The van der Waals surface area contributed by atoms with Crippen molar-refractivity contribution in [1.29, 1.82) is 5.41 Å². The highest BCUT2D eigenvalue weighted by Gasteiger charge is 2.36. The van der Waals surface area contributed by atoms with Crippen molar-refractivity contribution in [3.8, 4) is 0 Å². The van der Waals surface area contributed by atoms with E-state index in [2.05, 4.69) is 15.6 Å². The molecule has 0 aliphatic heterocycles. The summed E-state index contributed by atoms with van der Waals surface area (Å²) in [6.45, 7) is 0. The SMILES string of the molecule is CNC(c1ccc(C(F)(F)F)cc1)c1ncccc1C(F)(F)F.CNc1ccccc1C(=N)C=O. The topological polar surface area (TPSA) is 77.9 Å². The Bertz CT molecular complexity index is 1140. The van der Waals surface area contributed by atoms with E-state index >= 15 is 0 Å². The van der Waals surface area contributed by atoms with Gasteiger partial charge in [-0.3, -0.25) is 15.2 Å². The number of halogens is 6. The van der Waals surface area contributed by atoms with Gasteiger partial charge in [0, 0.05) is 24.5 Å². The van der Waals surface area contributed by atoms with Crippen molar-refractivity contribution in [2.75, 3.05) is 19.4 Å². The number of alkyl halides is 6. The zero-order valence-electron chi connectivity index (χ0n) is 18.6. The molecule has 0 aliphatic carbocycles. The first kappa shape index (κ1) is 27.5. The number of anilines is 1. The van der Waals surface area contributed by atoms with Gasteiger partial charge in [-0.2, -0.15) is 26.3 Å². The second kappa shape index (κ2) is 11.6. The van der Waals surface area contributed by atoms with Gasteiger partial charge in [-0.05, 0) is 42.9 Å². The monoisotopic (exact) mass is 496 g/mol. The molecular formula is C24H22F6N4O. The van der Waals surface area contributed by atoms with Gasteiger partial charge >= 0.3 is 12.4 Å². The number of nitrogens with zero attached hydrogens (tertiary/aromatic N) is 1. The highest BCUT2D eigenvalue weighted by molar-refractivity contribution is 6.36. The summed E-state index contributed by atoms with van der Waals surface area (Å²) in [5.41, 5.74) is -0.399. The minimum absolute atomic E-state index is 0.0000463. The maximum atomic E-state index is 13.1. The van der Waals surface area contributed by atoms with Crippen LogP contribution in [0.15, 0.2) is 66.9 Å². The van der Waals surface area contributed by atoms with Crippen molar-refractivity contribution < 1.29 is 31.1 Å². The van der Waals surface area contributed by atoms with Gasteiger partial charge in [0.15, 0.2) is 6.29 Å². The lowest BCUT2D eigenvalue weighted by molar-refractivity contribution is -0.139. The van der Waals surface area contributed by atoms with E-state index in [0.29, 0.717) is 11.8 Å².